The van der Waals surface area contributed by atoms with Crippen LogP contribution in [0.25, 0.3) is 16.8 Å². The van der Waals surface area contributed by atoms with E-state index >= 15 is 0 Å². The van der Waals surface area contributed by atoms with Gasteiger partial charge in [-0.05, 0) is 37.1 Å². The predicted octanol–water partition coefficient (Wildman–Crippen LogP) is 3.49. The smallest absolute Gasteiger partial charge is 0.354 e. The van der Waals surface area contributed by atoms with Gasteiger partial charge in [-0.2, -0.15) is 5.10 Å². The minimum Gasteiger partial charge on any atom is -0.477 e. The lowest BCUT2D eigenvalue weighted by molar-refractivity contribution is 0.0690. The Bertz CT molecular complexity index is 885. The number of fused-ring (bicyclic) bond motifs is 1. The van der Waals surface area contributed by atoms with Gasteiger partial charge in [0.2, 0.25) is 0 Å². The summed E-state index contributed by atoms with van der Waals surface area (Å²) in [6.07, 6.45) is 1.56. The highest BCUT2D eigenvalue weighted by Crippen LogP contribution is 2.28. The molecule has 0 amide bonds. The molecule has 0 aliphatic heterocycles. The van der Waals surface area contributed by atoms with Crippen molar-refractivity contribution in [3.05, 3.63) is 53.2 Å². The molecule has 0 saturated heterocycles. The normalized spacial score (nSPS) is 11.1. The second-order valence-electron chi connectivity index (χ2n) is 5.39. The molecule has 1 aromatic carbocycles. The molecule has 3 rings (SSSR count). The van der Waals surface area contributed by atoms with Gasteiger partial charge >= 0.3 is 5.97 Å². The molecule has 0 spiro atoms. The number of hydrogen-bond donors (Lipinski definition) is 1. The minimum absolute atomic E-state index is 0.00999. The van der Waals surface area contributed by atoms with Crippen LogP contribution in [0.3, 0.4) is 0 Å². The number of aromatic carboxylic acids is 1. The van der Waals surface area contributed by atoms with Crippen LogP contribution in [-0.2, 0) is 6.42 Å². The Kier molecular flexibility index (Phi) is 3.82. The van der Waals surface area contributed by atoms with Crippen LogP contribution in [0.2, 0.25) is 0 Å². The van der Waals surface area contributed by atoms with Gasteiger partial charge in [-0.15, -0.1) is 0 Å². The lowest BCUT2D eigenvalue weighted by Crippen LogP contribution is -2.07. The van der Waals surface area contributed by atoms with Gasteiger partial charge in [0.15, 0.2) is 11.3 Å². The molecule has 0 aliphatic carbocycles. The second kappa shape index (κ2) is 5.79. The molecule has 0 aliphatic rings. The Balaban J connectivity index is 2.31. The first-order valence-corrected chi connectivity index (χ1v) is 7.39. The maximum Gasteiger partial charge on any atom is 0.354 e. The molecular formula is C17H16FN3O2. The van der Waals surface area contributed by atoms with E-state index in [2.05, 4.69) is 10.1 Å². The number of nitrogens with zero attached hydrogens (tertiary/aromatic N) is 3. The first-order chi connectivity index (χ1) is 11.0. The van der Waals surface area contributed by atoms with E-state index in [1.807, 2.05) is 13.8 Å². The summed E-state index contributed by atoms with van der Waals surface area (Å²) in [6.45, 7) is 3.85. The fraction of sp³-hybridized carbons (Fsp3) is 0.235. The minimum atomic E-state index is -1.08. The summed E-state index contributed by atoms with van der Waals surface area (Å²) in [7, 11) is 0. The van der Waals surface area contributed by atoms with E-state index in [1.165, 1.54) is 12.1 Å². The number of benzene rings is 1. The molecule has 2 heterocycles. The van der Waals surface area contributed by atoms with Crippen LogP contribution in [0.5, 0.6) is 0 Å². The van der Waals surface area contributed by atoms with Crippen LogP contribution < -0.4 is 0 Å². The second-order valence-corrected chi connectivity index (χ2v) is 5.39. The van der Waals surface area contributed by atoms with Crippen molar-refractivity contribution in [1.29, 1.82) is 0 Å². The van der Waals surface area contributed by atoms with E-state index in [1.54, 1.807) is 22.7 Å². The van der Waals surface area contributed by atoms with Crippen LogP contribution in [-0.4, -0.2) is 25.7 Å². The van der Waals surface area contributed by atoms with Crippen molar-refractivity contribution in [3.63, 3.8) is 0 Å². The van der Waals surface area contributed by atoms with Gasteiger partial charge in [-0.25, -0.2) is 18.7 Å². The zero-order chi connectivity index (χ0) is 16.6. The first-order valence-electron chi connectivity index (χ1n) is 7.39. The average Bonchev–Trinajstić information content (AvgIpc) is 2.85. The van der Waals surface area contributed by atoms with Gasteiger partial charge < -0.3 is 5.11 Å². The van der Waals surface area contributed by atoms with Crippen LogP contribution >= 0.6 is 0 Å². The van der Waals surface area contributed by atoms with Crippen molar-refractivity contribution < 1.29 is 14.3 Å². The maximum absolute atomic E-state index is 13.2. The number of carbonyl (C=O) groups is 1. The van der Waals surface area contributed by atoms with Crippen molar-refractivity contribution in [2.75, 3.05) is 0 Å². The number of halogens is 1. The Hall–Kier alpha value is -2.76. The standard InChI is InChI=1S/C17H16FN3O2/c1-3-4-13-9-14(17(22)23)19-16-15(10(2)20-21(13)16)11-5-7-12(18)8-6-11/h5-9H,3-4H2,1-2H3,(H,22,23). The molecule has 118 valence electrons. The summed E-state index contributed by atoms with van der Waals surface area (Å²) in [5, 5.41) is 13.8. The summed E-state index contributed by atoms with van der Waals surface area (Å²) >= 11 is 0. The van der Waals surface area contributed by atoms with E-state index in [9.17, 15) is 14.3 Å². The lowest BCUT2D eigenvalue weighted by atomic mass is 10.1. The van der Waals surface area contributed by atoms with Crippen molar-refractivity contribution in [2.45, 2.75) is 26.7 Å². The maximum atomic E-state index is 13.2. The van der Waals surface area contributed by atoms with Crippen molar-refractivity contribution in [3.8, 4) is 11.1 Å². The number of aromatic nitrogens is 3. The van der Waals surface area contributed by atoms with Crippen molar-refractivity contribution in [2.24, 2.45) is 0 Å². The molecule has 0 fully saturated rings. The predicted molar refractivity (Wildman–Crippen MR) is 84.1 cm³/mol. The molecule has 5 nitrogen and oxygen atoms in total. The van der Waals surface area contributed by atoms with E-state index in [-0.39, 0.29) is 11.5 Å². The molecule has 0 radical (unpaired) electrons. The Labute approximate surface area is 132 Å². The molecule has 23 heavy (non-hydrogen) atoms. The van der Waals surface area contributed by atoms with Crippen LogP contribution in [0.4, 0.5) is 4.39 Å². The SMILES string of the molecule is CCCc1cc(C(=O)O)nc2c(-c3ccc(F)cc3)c(C)nn12. The van der Waals surface area contributed by atoms with Gasteiger partial charge in [0, 0.05) is 11.3 Å². The molecule has 0 saturated carbocycles. The molecule has 0 atom stereocenters. The quantitative estimate of drug-likeness (QED) is 0.800. The molecular weight excluding hydrogens is 297 g/mol. The average molecular weight is 313 g/mol. The Morgan fingerprint density at radius 2 is 2.00 bits per heavy atom. The molecule has 3 aromatic rings. The lowest BCUT2D eigenvalue weighted by Gasteiger charge is -2.06. The van der Waals surface area contributed by atoms with Crippen LogP contribution in [0, 0.1) is 12.7 Å². The summed E-state index contributed by atoms with van der Waals surface area (Å²) in [5.74, 6) is -1.40. The molecule has 6 heteroatoms. The number of carboxylic acids is 1. The van der Waals surface area contributed by atoms with E-state index in [4.69, 9.17) is 0 Å². The molecule has 1 N–H and O–H groups in total. The fourth-order valence-corrected chi connectivity index (χ4v) is 2.68. The van der Waals surface area contributed by atoms with Crippen LogP contribution in [0.1, 0.15) is 35.2 Å². The number of aryl methyl sites for hydroxylation is 2. The third-order valence-corrected chi connectivity index (χ3v) is 3.70. The molecule has 2 aromatic heterocycles. The third-order valence-electron chi connectivity index (χ3n) is 3.70. The fourth-order valence-electron chi connectivity index (χ4n) is 2.68. The van der Waals surface area contributed by atoms with Gasteiger partial charge in [-0.1, -0.05) is 25.5 Å². The van der Waals surface area contributed by atoms with E-state index in [0.29, 0.717) is 12.1 Å². The topological polar surface area (TPSA) is 67.5 Å². The van der Waals surface area contributed by atoms with Gasteiger partial charge in [0.25, 0.3) is 0 Å². The highest BCUT2D eigenvalue weighted by molar-refractivity contribution is 5.88. The summed E-state index contributed by atoms with van der Waals surface area (Å²) in [4.78, 5) is 15.6. The number of carboxylic acid groups (broad SMARTS) is 1. The summed E-state index contributed by atoms with van der Waals surface area (Å²) < 4.78 is 14.8. The van der Waals surface area contributed by atoms with Crippen molar-refractivity contribution in [1.82, 2.24) is 14.6 Å². The number of rotatable bonds is 4. The van der Waals surface area contributed by atoms with Crippen molar-refractivity contribution >= 4 is 11.6 Å². The zero-order valence-electron chi connectivity index (χ0n) is 12.9. The monoisotopic (exact) mass is 313 g/mol. The molecule has 0 bridgehead atoms. The van der Waals surface area contributed by atoms with E-state index < -0.39 is 5.97 Å². The highest BCUT2D eigenvalue weighted by atomic mass is 19.1. The summed E-state index contributed by atoms with van der Waals surface area (Å²) in [6, 6.07) is 7.58. The Morgan fingerprint density at radius 3 is 2.61 bits per heavy atom. The Morgan fingerprint density at radius 1 is 1.30 bits per heavy atom. The number of hydrogen-bond acceptors (Lipinski definition) is 3. The van der Waals surface area contributed by atoms with E-state index in [0.717, 1.165) is 28.9 Å². The van der Waals surface area contributed by atoms with Gasteiger partial charge in [-0.3, -0.25) is 0 Å². The van der Waals surface area contributed by atoms with Gasteiger partial charge in [0.05, 0.1) is 5.69 Å². The zero-order valence-corrected chi connectivity index (χ0v) is 12.9. The van der Waals surface area contributed by atoms with Crippen LogP contribution in [0.15, 0.2) is 30.3 Å². The first kappa shape index (κ1) is 15.1. The highest BCUT2D eigenvalue weighted by Gasteiger charge is 2.18. The summed E-state index contributed by atoms with van der Waals surface area (Å²) in [5.41, 5.74) is 3.49. The third kappa shape index (κ3) is 2.67. The largest absolute Gasteiger partial charge is 0.477 e. The van der Waals surface area contributed by atoms with Gasteiger partial charge in [0.1, 0.15) is 5.82 Å². The molecule has 0 unspecified atom stereocenters.